The van der Waals surface area contributed by atoms with Crippen LogP contribution in [-0.2, 0) is 0 Å². The Morgan fingerprint density at radius 2 is 2.33 bits per heavy atom. The van der Waals surface area contributed by atoms with E-state index in [-0.39, 0.29) is 0 Å². The van der Waals surface area contributed by atoms with E-state index in [2.05, 4.69) is 31.3 Å². The van der Waals surface area contributed by atoms with Gasteiger partial charge in [-0.25, -0.2) is 15.8 Å². The molecule has 0 spiro atoms. The Morgan fingerprint density at radius 1 is 1.50 bits per heavy atom. The molecule has 3 N–H and O–H groups in total. The molecule has 0 unspecified atom stereocenters. The molecule has 0 saturated heterocycles. The lowest BCUT2D eigenvalue weighted by atomic mass is 10.4. The molecule has 0 aromatic carbocycles. The minimum atomic E-state index is 0.663. The molecular formula is C6H5BrN4S. The highest BCUT2D eigenvalue weighted by molar-refractivity contribution is 9.10. The van der Waals surface area contributed by atoms with Gasteiger partial charge in [-0.05, 0) is 15.9 Å². The number of fused-ring (bicyclic) bond motifs is 1. The Kier molecular flexibility index (Phi) is 1.95. The second kappa shape index (κ2) is 2.96. The van der Waals surface area contributed by atoms with Crippen molar-refractivity contribution in [3.63, 3.8) is 0 Å². The van der Waals surface area contributed by atoms with Gasteiger partial charge >= 0.3 is 0 Å². The molecule has 2 aromatic heterocycles. The number of thiophene rings is 1. The smallest absolute Gasteiger partial charge is 0.161 e. The number of aromatic nitrogens is 2. The van der Waals surface area contributed by atoms with E-state index >= 15 is 0 Å². The fourth-order valence-corrected chi connectivity index (χ4v) is 2.47. The zero-order valence-corrected chi connectivity index (χ0v) is 8.32. The van der Waals surface area contributed by atoms with Crippen LogP contribution in [0.5, 0.6) is 0 Å². The Labute approximate surface area is 80.9 Å². The first-order chi connectivity index (χ1) is 5.83. The first kappa shape index (κ1) is 7.90. The van der Waals surface area contributed by atoms with Crippen molar-refractivity contribution in [3.8, 4) is 0 Å². The van der Waals surface area contributed by atoms with Crippen LogP contribution < -0.4 is 11.3 Å². The normalized spacial score (nSPS) is 10.5. The standard InChI is InChI=1S/C6H5BrN4S/c7-3-1-12-5-4(3)9-2-10-6(5)11-8/h1-2H,8H2,(H,9,10,11). The molecule has 0 saturated carbocycles. The summed E-state index contributed by atoms with van der Waals surface area (Å²) in [6, 6.07) is 0. The SMILES string of the molecule is NNc1ncnc2c(Br)csc12. The topological polar surface area (TPSA) is 63.8 Å². The van der Waals surface area contributed by atoms with Crippen LogP contribution >= 0.6 is 27.3 Å². The third-order valence-corrected chi connectivity index (χ3v) is 3.33. The summed E-state index contributed by atoms with van der Waals surface area (Å²) >= 11 is 4.93. The minimum Gasteiger partial charge on any atom is -0.307 e. The van der Waals surface area contributed by atoms with Gasteiger partial charge in [0.25, 0.3) is 0 Å². The number of nitrogens with one attached hydrogen (secondary N) is 1. The number of nitrogen functional groups attached to an aromatic ring is 1. The molecule has 0 radical (unpaired) electrons. The maximum Gasteiger partial charge on any atom is 0.161 e. The van der Waals surface area contributed by atoms with Crippen molar-refractivity contribution in [2.24, 2.45) is 5.84 Å². The monoisotopic (exact) mass is 244 g/mol. The van der Waals surface area contributed by atoms with E-state index in [9.17, 15) is 0 Å². The number of rotatable bonds is 1. The van der Waals surface area contributed by atoms with E-state index in [0.29, 0.717) is 5.82 Å². The summed E-state index contributed by atoms with van der Waals surface area (Å²) in [7, 11) is 0. The van der Waals surface area contributed by atoms with Crippen molar-refractivity contribution < 1.29 is 0 Å². The van der Waals surface area contributed by atoms with E-state index in [1.165, 1.54) is 6.33 Å². The maximum atomic E-state index is 5.28. The zero-order chi connectivity index (χ0) is 8.55. The Morgan fingerprint density at radius 3 is 3.08 bits per heavy atom. The highest BCUT2D eigenvalue weighted by Gasteiger charge is 2.06. The van der Waals surface area contributed by atoms with Crippen LogP contribution in [0.3, 0.4) is 0 Å². The van der Waals surface area contributed by atoms with E-state index in [1.807, 2.05) is 5.38 Å². The molecule has 0 amide bonds. The van der Waals surface area contributed by atoms with Crippen LogP contribution in [0.2, 0.25) is 0 Å². The predicted octanol–water partition coefficient (Wildman–Crippen LogP) is 1.74. The van der Waals surface area contributed by atoms with Gasteiger partial charge in [0.1, 0.15) is 11.8 Å². The number of hydrazine groups is 1. The van der Waals surface area contributed by atoms with Crippen LogP contribution in [0, 0.1) is 0 Å². The molecule has 4 nitrogen and oxygen atoms in total. The average molecular weight is 245 g/mol. The lowest BCUT2D eigenvalue weighted by molar-refractivity contribution is 1.19. The summed E-state index contributed by atoms with van der Waals surface area (Å²) in [6.07, 6.45) is 1.48. The van der Waals surface area contributed by atoms with Gasteiger partial charge in [0.15, 0.2) is 5.82 Å². The van der Waals surface area contributed by atoms with Gasteiger partial charge in [0.05, 0.1) is 9.17 Å². The Balaban J connectivity index is 2.81. The van der Waals surface area contributed by atoms with Crippen molar-refractivity contribution >= 4 is 43.3 Å². The number of nitrogens with zero attached hydrogens (tertiary/aromatic N) is 2. The molecule has 2 rings (SSSR count). The summed E-state index contributed by atoms with van der Waals surface area (Å²) in [5.41, 5.74) is 3.41. The molecule has 0 bridgehead atoms. The molecule has 0 aliphatic heterocycles. The van der Waals surface area contributed by atoms with Gasteiger partial charge in [-0.2, -0.15) is 0 Å². The number of anilines is 1. The van der Waals surface area contributed by atoms with E-state index in [4.69, 9.17) is 5.84 Å². The fourth-order valence-electron chi connectivity index (χ4n) is 0.925. The van der Waals surface area contributed by atoms with Crippen LogP contribution in [0.15, 0.2) is 16.2 Å². The van der Waals surface area contributed by atoms with E-state index < -0.39 is 0 Å². The van der Waals surface area contributed by atoms with Crippen LogP contribution in [0.4, 0.5) is 5.82 Å². The van der Waals surface area contributed by atoms with Crippen LogP contribution in [-0.4, -0.2) is 9.97 Å². The summed E-state index contributed by atoms with van der Waals surface area (Å²) in [5, 5.41) is 1.96. The van der Waals surface area contributed by atoms with Crippen molar-refractivity contribution in [2.75, 3.05) is 5.43 Å². The molecule has 0 aliphatic carbocycles. The number of nitrogens with two attached hydrogens (primary N) is 1. The van der Waals surface area contributed by atoms with Gasteiger partial charge in [-0.1, -0.05) is 0 Å². The summed E-state index contributed by atoms with van der Waals surface area (Å²) in [6.45, 7) is 0. The summed E-state index contributed by atoms with van der Waals surface area (Å²) in [5.74, 6) is 5.94. The summed E-state index contributed by atoms with van der Waals surface area (Å²) in [4.78, 5) is 8.09. The average Bonchev–Trinajstić information content (AvgIpc) is 2.48. The highest BCUT2D eigenvalue weighted by Crippen LogP contribution is 2.31. The summed E-state index contributed by atoms with van der Waals surface area (Å²) < 4.78 is 1.94. The fraction of sp³-hybridized carbons (Fsp3) is 0. The van der Waals surface area contributed by atoms with Gasteiger partial charge in [0, 0.05) is 5.38 Å². The maximum absolute atomic E-state index is 5.28. The number of hydrogen-bond acceptors (Lipinski definition) is 5. The third kappa shape index (κ3) is 1.08. The van der Waals surface area contributed by atoms with Gasteiger partial charge < -0.3 is 5.43 Å². The first-order valence-electron chi connectivity index (χ1n) is 3.17. The molecule has 0 fully saturated rings. The van der Waals surface area contributed by atoms with Crippen LogP contribution in [0.25, 0.3) is 10.2 Å². The molecule has 0 atom stereocenters. The van der Waals surface area contributed by atoms with Crippen molar-refractivity contribution in [3.05, 3.63) is 16.2 Å². The highest BCUT2D eigenvalue weighted by atomic mass is 79.9. The largest absolute Gasteiger partial charge is 0.307 e. The second-order valence-corrected chi connectivity index (χ2v) is 3.86. The zero-order valence-electron chi connectivity index (χ0n) is 5.91. The van der Waals surface area contributed by atoms with Gasteiger partial charge in [-0.15, -0.1) is 11.3 Å². The molecule has 2 heterocycles. The van der Waals surface area contributed by atoms with Crippen molar-refractivity contribution in [2.45, 2.75) is 0 Å². The van der Waals surface area contributed by atoms with Gasteiger partial charge in [0.2, 0.25) is 0 Å². The lowest BCUT2D eigenvalue weighted by Crippen LogP contribution is -2.08. The lowest BCUT2D eigenvalue weighted by Gasteiger charge is -1.97. The van der Waals surface area contributed by atoms with Crippen molar-refractivity contribution in [1.29, 1.82) is 0 Å². The third-order valence-electron chi connectivity index (χ3n) is 1.45. The first-order valence-corrected chi connectivity index (χ1v) is 4.84. The quantitative estimate of drug-likeness (QED) is 0.593. The Hall–Kier alpha value is -0.720. The van der Waals surface area contributed by atoms with E-state index in [0.717, 1.165) is 14.7 Å². The van der Waals surface area contributed by atoms with E-state index in [1.54, 1.807) is 11.3 Å². The molecule has 62 valence electrons. The predicted molar refractivity (Wildman–Crippen MR) is 52.9 cm³/mol. The molecule has 12 heavy (non-hydrogen) atoms. The van der Waals surface area contributed by atoms with Gasteiger partial charge in [-0.3, -0.25) is 0 Å². The number of hydrogen-bond donors (Lipinski definition) is 2. The second-order valence-electron chi connectivity index (χ2n) is 2.13. The van der Waals surface area contributed by atoms with Crippen LogP contribution in [0.1, 0.15) is 0 Å². The molecule has 6 heteroatoms. The molecule has 0 aliphatic rings. The number of halogens is 1. The van der Waals surface area contributed by atoms with Crippen molar-refractivity contribution in [1.82, 2.24) is 9.97 Å². The minimum absolute atomic E-state index is 0.663. The molecule has 2 aromatic rings. The Bertz CT molecular complexity index is 413. The molecular weight excluding hydrogens is 240 g/mol.